The minimum atomic E-state index is -0.583. The van der Waals surface area contributed by atoms with Crippen LogP contribution in [-0.4, -0.2) is 38.5 Å². The zero-order chi connectivity index (χ0) is 40.5. The van der Waals surface area contributed by atoms with Crippen LogP contribution < -0.4 is 0 Å². The first-order chi connectivity index (χ1) is 27.8. The fraction of sp³-hybridized carbons (Fsp3) is 0.981. The number of hydrogen-bond acceptors (Lipinski definition) is 4. The van der Waals surface area contributed by atoms with Gasteiger partial charge in [0.1, 0.15) is 0 Å². The van der Waals surface area contributed by atoms with Crippen molar-refractivity contribution in [3.05, 3.63) is 0 Å². The van der Waals surface area contributed by atoms with Crippen molar-refractivity contribution in [1.82, 2.24) is 0 Å². The Morgan fingerprint density at radius 1 is 0.304 bits per heavy atom. The summed E-state index contributed by atoms with van der Waals surface area (Å²) in [6.07, 6.45) is 57.3. The molecule has 0 aliphatic heterocycles. The van der Waals surface area contributed by atoms with Gasteiger partial charge in [-0.25, -0.2) is 4.79 Å². The lowest BCUT2D eigenvalue weighted by Gasteiger charge is -2.17. The maximum Gasteiger partial charge on any atom is 0.337 e. The molecule has 0 aromatic rings. The molecule has 0 bridgehead atoms. The lowest BCUT2D eigenvalue weighted by Crippen LogP contribution is -2.32. The van der Waals surface area contributed by atoms with Crippen LogP contribution >= 0.6 is 0 Å². The van der Waals surface area contributed by atoms with Crippen LogP contribution in [0.5, 0.6) is 0 Å². The Labute approximate surface area is 353 Å². The lowest BCUT2D eigenvalue weighted by molar-refractivity contribution is -0.161. The lowest BCUT2D eigenvalue weighted by atomic mass is 10.0. The average molecular weight is 793 g/mol. The predicted molar refractivity (Wildman–Crippen MR) is 247 cm³/mol. The number of carbonyl (C=O) groups excluding carboxylic acids is 1. The van der Waals surface area contributed by atoms with Crippen molar-refractivity contribution in [3.8, 4) is 0 Å². The summed E-state index contributed by atoms with van der Waals surface area (Å²) in [5.41, 5.74) is 0. The van der Waals surface area contributed by atoms with Crippen LogP contribution in [0.2, 0.25) is 0 Å². The highest BCUT2D eigenvalue weighted by molar-refractivity contribution is 5.74. The van der Waals surface area contributed by atoms with Crippen LogP contribution in [0.4, 0.5) is 0 Å². The number of hydrogen-bond donors (Lipinski definition) is 0. The molecule has 1 atom stereocenters. The van der Waals surface area contributed by atoms with Crippen molar-refractivity contribution in [3.63, 3.8) is 0 Å². The zero-order valence-corrected chi connectivity index (χ0v) is 38.9. The molecule has 0 radical (unpaired) electrons. The van der Waals surface area contributed by atoms with Crippen LogP contribution in [0.3, 0.4) is 0 Å². The smallest absolute Gasteiger partial charge is 0.337 e. The van der Waals surface area contributed by atoms with Gasteiger partial charge in [-0.2, -0.15) is 0 Å². The van der Waals surface area contributed by atoms with E-state index < -0.39 is 6.10 Å². The molecule has 0 aromatic heterocycles. The van der Waals surface area contributed by atoms with E-state index in [-0.39, 0.29) is 5.97 Å². The Bertz CT molecular complexity index is 711. The van der Waals surface area contributed by atoms with E-state index in [1.165, 1.54) is 250 Å². The molecule has 56 heavy (non-hydrogen) atoms. The molecule has 0 aromatic carbocycles. The van der Waals surface area contributed by atoms with Crippen LogP contribution in [0.25, 0.3) is 0 Å². The molecule has 0 N–H and O–H groups in total. The molecule has 0 rings (SSSR count). The highest BCUT2D eigenvalue weighted by Crippen LogP contribution is 2.16. The van der Waals surface area contributed by atoms with Gasteiger partial charge in [0, 0.05) is 13.2 Å². The SMILES string of the molecule is CCCCCCCCCCCCCCCCCOC(=O)C(COCCCCCCCCCCCCCCCC)OCCCCCCCCCCCCCCCC. The molecule has 1 unspecified atom stereocenters. The third-order valence-corrected chi connectivity index (χ3v) is 12.0. The number of ether oxygens (including phenoxy) is 3. The molecule has 4 heteroatoms. The molecule has 0 heterocycles. The van der Waals surface area contributed by atoms with E-state index >= 15 is 0 Å². The maximum absolute atomic E-state index is 13.0. The van der Waals surface area contributed by atoms with Crippen LogP contribution in [0.15, 0.2) is 0 Å². The monoisotopic (exact) mass is 793 g/mol. The van der Waals surface area contributed by atoms with Gasteiger partial charge >= 0.3 is 5.97 Å². The van der Waals surface area contributed by atoms with Gasteiger partial charge < -0.3 is 14.2 Å². The van der Waals surface area contributed by atoms with E-state index in [9.17, 15) is 4.79 Å². The van der Waals surface area contributed by atoms with Gasteiger partial charge in [-0.1, -0.05) is 278 Å². The Kier molecular flexibility index (Phi) is 50.0. The quantitative estimate of drug-likeness (QED) is 0.0455. The van der Waals surface area contributed by atoms with Gasteiger partial charge in [-0.3, -0.25) is 0 Å². The molecule has 0 aliphatic carbocycles. The summed E-state index contributed by atoms with van der Waals surface area (Å²) in [5, 5.41) is 0. The van der Waals surface area contributed by atoms with E-state index in [0.29, 0.717) is 26.4 Å². The standard InChI is InChI=1S/C52H104O4/c1-4-7-10-13-16-19-22-25-28-31-34-37-40-43-46-49-56-52(53)51(55-48-45-42-39-36-33-30-27-24-21-18-15-12-9-6-3)50-54-47-44-41-38-35-32-29-26-23-20-17-14-11-8-5-2/h51H,4-50H2,1-3H3. The summed E-state index contributed by atoms with van der Waals surface area (Å²) in [7, 11) is 0. The van der Waals surface area contributed by atoms with E-state index in [1.54, 1.807) is 0 Å². The number of rotatable bonds is 50. The molecule has 0 amide bonds. The van der Waals surface area contributed by atoms with Crippen LogP contribution in [-0.2, 0) is 19.0 Å². The van der Waals surface area contributed by atoms with Crippen molar-refractivity contribution in [1.29, 1.82) is 0 Å². The second-order valence-electron chi connectivity index (χ2n) is 17.7. The first-order valence-electron chi connectivity index (χ1n) is 26.1. The van der Waals surface area contributed by atoms with Crippen molar-refractivity contribution in [2.24, 2.45) is 0 Å². The Morgan fingerprint density at radius 2 is 0.536 bits per heavy atom. The van der Waals surface area contributed by atoms with Crippen LogP contribution in [0, 0.1) is 0 Å². The van der Waals surface area contributed by atoms with Gasteiger partial charge in [0.25, 0.3) is 0 Å². The minimum absolute atomic E-state index is 0.221. The molecule has 4 nitrogen and oxygen atoms in total. The molecule has 0 saturated heterocycles. The molecule has 0 spiro atoms. The summed E-state index contributed by atoms with van der Waals surface area (Å²) >= 11 is 0. The largest absolute Gasteiger partial charge is 0.464 e. The number of unbranched alkanes of at least 4 members (excludes halogenated alkanes) is 40. The molecule has 0 fully saturated rings. The highest BCUT2D eigenvalue weighted by atomic mass is 16.6. The van der Waals surface area contributed by atoms with Crippen molar-refractivity contribution >= 4 is 5.97 Å². The van der Waals surface area contributed by atoms with Gasteiger partial charge in [0.15, 0.2) is 6.10 Å². The van der Waals surface area contributed by atoms with Crippen LogP contribution in [0.1, 0.15) is 297 Å². The molecular formula is C52H104O4. The van der Waals surface area contributed by atoms with Gasteiger partial charge in [0.2, 0.25) is 0 Å². The normalized spacial score (nSPS) is 12.1. The molecule has 0 aliphatic rings. The molecular weight excluding hydrogens is 689 g/mol. The van der Waals surface area contributed by atoms with E-state index in [4.69, 9.17) is 14.2 Å². The van der Waals surface area contributed by atoms with Crippen molar-refractivity contribution < 1.29 is 19.0 Å². The fourth-order valence-electron chi connectivity index (χ4n) is 8.03. The fourth-order valence-corrected chi connectivity index (χ4v) is 8.03. The van der Waals surface area contributed by atoms with Gasteiger partial charge in [-0.05, 0) is 19.3 Å². The predicted octanol–water partition coefficient (Wildman–Crippen LogP) is 17.8. The van der Waals surface area contributed by atoms with Gasteiger partial charge in [-0.15, -0.1) is 0 Å². The second kappa shape index (κ2) is 50.5. The first kappa shape index (κ1) is 55.4. The Morgan fingerprint density at radius 3 is 0.821 bits per heavy atom. The Hall–Kier alpha value is -0.610. The topological polar surface area (TPSA) is 44.8 Å². The molecule has 0 saturated carbocycles. The summed E-state index contributed by atoms with van der Waals surface area (Å²) in [5.74, 6) is -0.221. The van der Waals surface area contributed by atoms with E-state index in [0.717, 1.165) is 25.7 Å². The first-order valence-corrected chi connectivity index (χ1v) is 26.1. The van der Waals surface area contributed by atoms with Crippen molar-refractivity contribution in [2.75, 3.05) is 26.4 Å². The third-order valence-electron chi connectivity index (χ3n) is 12.0. The zero-order valence-electron chi connectivity index (χ0n) is 38.9. The highest BCUT2D eigenvalue weighted by Gasteiger charge is 2.21. The van der Waals surface area contributed by atoms with E-state index in [1.807, 2.05) is 0 Å². The minimum Gasteiger partial charge on any atom is -0.464 e. The summed E-state index contributed by atoms with van der Waals surface area (Å²) in [6, 6.07) is 0. The Balaban J connectivity index is 4.07. The maximum atomic E-state index is 13.0. The van der Waals surface area contributed by atoms with E-state index in [2.05, 4.69) is 20.8 Å². The summed E-state index contributed by atoms with van der Waals surface area (Å²) in [4.78, 5) is 13.0. The second-order valence-corrected chi connectivity index (χ2v) is 17.7. The average Bonchev–Trinajstić information content (AvgIpc) is 3.21. The summed E-state index contributed by atoms with van der Waals surface area (Å²) < 4.78 is 17.8. The van der Waals surface area contributed by atoms with Crippen molar-refractivity contribution in [2.45, 2.75) is 303 Å². The third kappa shape index (κ3) is 46.1. The number of carbonyl (C=O) groups is 1. The van der Waals surface area contributed by atoms with Gasteiger partial charge in [0.05, 0.1) is 13.2 Å². The summed E-state index contributed by atoms with van der Waals surface area (Å²) in [6.45, 7) is 9.05. The number of esters is 1. The molecule has 336 valence electrons.